The smallest absolute Gasteiger partial charge is 0.0542 e. The van der Waals surface area contributed by atoms with Gasteiger partial charge in [0.1, 0.15) is 0 Å². The molecule has 204 valence electrons. The molecule has 0 aliphatic heterocycles. The number of hydrogen-bond donors (Lipinski definition) is 0. The first-order valence-electron chi connectivity index (χ1n) is 14.5. The molecule has 1 aromatic heterocycles. The van der Waals surface area contributed by atoms with E-state index in [-0.39, 0.29) is 0 Å². The Bertz CT molecular complexity index is 2230. The minimum Gasteiger partial charge on any atom is -0.310 e. The quantitative estimate of drug-likeness (QED) is 0.187. The van der Waals surface area contributed by atoms with Gasteiger partial charge in [-0.1, -0.05) is 113 Å². The number of fused-ring (bicyclic) bond motifs is 4. The van der Waals surface area contributed by atoms with Crippen LogP contribution in [0.25, 0.3) is 49.4 Å². The lowest BCUT2D eigenvalue weighted by atomic mass is 10.0. The van der Waals surface area contributed by atoms with E-state index in [1.165, 1.54) is 43.7 Å². The normalized spacial score (nSPS) is 11.4. The third-order valence-electron chi connectivity index (χ3n) is 8.24. The van der Waals surface area contributed by atoms with Crippen LogP contribution in [0.1, 0.15) is 0 Å². The van der Waals surface area contributed by atoms with Gasteiger partial charge in [0, 0.05) is 37.7 Å². The largest absolute Gasteiger partial charge is 0.310 e. The van der Waals surface area contributed by atoms with Crippen molar-refractivity contribution in [1.29, 1.82) is 0 Å². The average molecular weight is 616 g/mol. The predicted molar refractivity (Wildman–Crippen MR) is 186 cm³/mol. The number of hydrogen-bond acceptors (Lipinski definition) is 1. The van der Waals surface area contributed by atoms with Crippen molar-refractivity contribution in [2.45, 2.75) is 0 Å². The molecule has 0 N–H and O–H groups in total. The van der Waals surface area contributed by atoms with Crippen LogP contribution in [0.15, 0.2) is 168 Å². The molecule has 3 heteroatoms. The summed E-state index contributed by atoms with van der Waals surface area (Å²) in [7, 11) is 0. The number of benzene rings is 7. The molecule has 0 aliphatic rings. The number of halogens is 1. The molecule has 0 radical (unpaired) electrons. The molecule has 0 atom stereocenters. The van der Waals surface area contributed by atoms with Gasteiger partial charge in [-0.15, -0.1) is 0 Å². The highest BCUT2D eigenvalue weighted by Crippen LogP contribution is 2.42. The van der Waals surface area contributed by atoms with Crippen molar-refractivity contribution in [2.24, 2.45) is 0 Å². The zero-order valence-corrected chi connectivity index (χ0v) is 24.9. The van der Waals surface area contributed by atoms with Gasteiger partial charge in [0.25, 0.3) is 0 Å². The van der Waals surface area contributed by atoms with Crippen LogP contribution in [0.2, 0.25) is 0 Å². The van der Waals surface area contributed by atoms with E-state index in [0.717, 1.165) is 27.2 Å². The highest BCUT2D eigenvalue weighted by atomic mass is 79.9. The minimum atomic E-state index is 1.08. The van der Waals surface area contributed by atoms with E-state index in [0.29, 0.717) is 0 Å². The van der Waals surface area contributed by atoms with Crippen molar-refractivity contribution in [3.63, 3.8) is 0 Å². The van der Waals surface area contributed by atoms with Gasteiger partial charge in [-0.25, -0.2) is 0 Å². The van der Waals surface area contributed by atoms with E-state index < -0.39 is 0 Å². The summed E-state index contributed by atoms with van der Waals surface area (Å²) in [6.07, 6.45) is 0. The standard InChI is InChI=1S/C40H27BrN2/c41-31-21-17-28(18-22-31)29-19-23-33(24-20-29)42(38-16-8-10-30-9-4-5-13-35(30)38)34-25-26-40-37(27-34)36-14-6-7-15-39(36)43(40)32-11-2-1-3-12-32/h1-27H. The summed E-state index contributed by atoms with van der Waals surface area (Å²) in [6, 6.07) is 58.8. The Labute approximate surface area is 259 Å². The van der Waals surface area contributed by atoms with E-state index in [9.17, 15) is 0 Å². The molecular formula is C40H27BrN2. The molecule has 43 heavy (non-hydrogen) atoms. The lowest BCUT2D eigenvalue weighted by Crippen LogP contribution is -2.10. The molecule has 0 fully saturated rings. The monoisotopic (exact) mass is 614 g/mol. The van der Waals surface area contributed by atoms with Gasteiger partial charge in [0.15, 0.2) is 0 Å². The Morgan fingerprint density at radius 1 is 0.442 bits per heavy atom. The fraction of sp³-hybridized carbons (Fsp3) is 0. The number of para-hydroxylation sites is 2. The lowest BCUT2D eigenvalue weighted by molar-refractivity contribution is 1.18. The topological polar surface area (TPSA) is 8.17 Å². The summed E-state index contributed by atoms with van der Waals surface area (Å²) < 4.78 is 3.45. The number of nitrogens with zero attached hydrogens (tertiary/aromatic N) is 2. The second-order valence-corrected chi connectivity index (χ2v) is 11.7. The molecule has 7 aromatic carbocycles. The van der Waals surface area contributed by atoms with Gasteiger partial charge in [-0.05, 0) is 83.2 Å². The minimum absolute atomic E-state index is 1.08. The summed E-state index contributed by atoms with van der Waals surface area (Å²) in [6.45, 7) is 0. The van der Waals surface area contributed by atoms with Crippen LogP contribution in [0.3, 0.4) is 0 Å². The van der Waals surface area contributed by atoms with Gasteiger partial charge in [0.2, 0.25) is 0 Å². The Kier molecular flexibility index (Phi) is 6.31. The molecule has 0 saturated carbocycles. The average Bonchev–Trinajstić information content (AvgIpc) is 3.40. The van der Waals surface area contributed by atoms with Crippen LogP contribution in [-0.4, -0.2) is 4.57 Å². The second kappa shape index (κ2) is 10.6. The van der Waals surface area contributed by atoms with E-state index in [1.807, 2.05) is 0 Å². The fourth-order valence-corrected chi connectivity index (χ4v) is 6.50. The number of anilines is 3. The molecule has 1 heterocycles. The maximum Gasteiger partial charge on any atom is 0.0542 e. The van der Waals surface area contributed by atoms with E-state index >= 15 is 0 Å². The second-order valence-electron chi connectivity index (χ2n) is 10.8. The predicted octanol–water partition coefficient (Wildman–Crippen LogP) is 11.8. The Morgan fingerprint density at radius 2 is 1.05 bits per heavy atom. The van der Waals surface area contributed by atoms with E-state index in [4.69, 9.17) is 0 Å². The van der Waals surface area contributed by atoms with Gasteiger partial charge in [-0.3, -0.25) is 0 Å². The molecular weight excluding hydrogens is 588 g/mol. The van der Waals surface area contributed by atoms with Crippen LogP contribution in [0.4, 0.5) is 17.1 Å². The summed E-state index contributed by atoms with van der Waals surface area (Å²) in [5.41, 5.74) is 9.34. The first-order valence-corrected chi connectivity index (χ1v) is 15.3. The van der Waals surface area contributed by atoms with Gasteiger partial charge in [-0.2, -0.15) is 0 Å². The van der Waals surface area contributed by atoms with Crippen molar-refractivity contribution < 1.29 is 0 Å². The van der Waals surface area contributed by atoms with Crippen LogP contribution < -0.4 is 4.90 Å². The molecule has 0 spiro atoms. The molecule has 0 unspecified atom stereocenters. The van der Waals surface area contributed by atoms with Crippen LogP contribution in [0, 0.1) is 0 Å². The molecule has 0 aliphatic carbocycles. The maximum atomic E-state index is 3.56. The summed E-state index contributed by atoms with van der Waals surface area (Å²) in [5.74, 6) is 0. The Balaban J connectivity index is 1.34. The van der Waals surface area contributed by atoms with Gasteiger partial charge >= 0.3 is 0 Å². The van der Waals surface area contributed by atoms with Crippen molar-refractivity contribution in [3.8, 4) is 16.8 Å². The van der Waals surface area contributed by atoms with Gasteiger partial charge < -0.3 is 9.47 Å². The highest BCUT2D eigenvalue weighted by Gasteiger charge is 2.18. The maximum absolute atomic E-state index is 3.56. The van der Waals surface area contributed by atoms with E-state index in [1.54, 1.807) is 0 Å². The van der Waals surface area contributed by atoms with Crippen molar-refractivity contribution in [1.82, 2.24) is 4.57 Å². The molecule has 0 amide bonds. The fourth-order valence-electron chi connectivity index (χ4n) is 6.23. The molecule has 0 saturated heterocycles. The zero-order chi connectivity index (χ0) is 28.8. The van der Waals surface area contributed by atoms with Crippen molar-refractivity contribution in [2.75, 3.05) is 4.90 Å². The molecule has 2 nitrogen and oxygen atoms in total. The van der Waals surface area contributed by atoms with Crippen molar-refractivity contribution in [3.05, 3.63) is 168 Å². The Hall–Kier alpha value is -5.12. The number of aromatic nitrogens is 1. The van der Waals surface area contributed by atoms with Crippen LogP contribution in [0.5, 0.6) is 0 Å². The van der Waals surface area contributed by atoms with E-state index in [2.05, 4.69) is 189 Å². The lowest BCUT2D eigenvalue weighted by Gasteiger charge is -2.27. The Morgan fingerprint density at radius 3 is 1.84 bits per heavy atom. The number of rotatable bonds is 5. The van der Waals surface area contributed by atoms with Crippen LogP contribution >= 0.6 is 15.9 Å². The van der Waals surface area contributed by atoms with Crippen molar-refractivity contribution >= 4 is 65.6 Å². The van der Waals surface area contributed by atoms with Gasteiger partial charge in [0.05, 0.1) is 16.7 Å². The summed E-state index contributed by atoms with van der Waals surface area (Å²) in [5, 5.41) is 4.91. The molecule has 8 rings (SSSR count). The SMILES string of the molecule is Brc1ccc(-c2ccc(N(c3ccc4c(c3)c3ccccc3n4-c3ccccc3)c3cccc4ccccc34)cc2)cc1. The summed E-state index contributed by atoms with van der Waals surface area (Å²) >= 11 is 3.56. The third kappa shape index (κ3) is 4.50. The first-order chi connectivity index (χ1) is 21.2. The zero-order valence-electron chi connectivity index (χ0n) is 23.4. The van der Waals surface area contributed by atoms with Crippen LogP contribution in [-0.2, 0) is 0 Å². The highest BCUT2D eigenvalue weighted by molar-refractivity contribution is 9.10. The summed E-state index contributed by atoms with van der Waals surface area (Å²) in [4.78, 5) is 2.39. The first kappa shape index (κ1) is 25.6. The third-order valence-corrected chi connectivity index (χ3v) is 8.77. The molecule has 8 aromatic rings. The molecule has 0 bridgehead atoms.